The molecule has 0 saturated heterocycles. The molecule has 2 N–H and O–H groups in total. The average molecular weight is 295 g/mol. The Kier molecular flexibility index (Phi) is 5.72. The van der Waals surface area contributed by atoms with Gasteiger partial charge in [-0.05, 0) is 30.7 Å². The first-order valence-electron chi connectivity index (χ1n) is 7.19. The Morgan fingerprint density at radius 1 is 0.864 bits per heavy atom. The predicted molar refractivity (Wildman–Crippen MR) is 86.4 cm³/mol. The molecule has 2 amide bonds. The highest BCUT2D eigenvalue weighted by molar-refractivity contribution is 5.95. The number of rotatable bonds is 6. The van der Waals surface area contributed by atoms with E-state index < -0.39 is 0 Å². The van der Waals surface area contributed by atoms with Crippen molar-refractivity contribution >= 4 is 11.8 Å². The van der Waals surface area contributed by atoms with Crippen LogP contribution in [0.25, 0.3) is 0 Å². The zero-order valence-electron chi connectivity index (χ0n) is 12.3. The summed E-state index contributed by atoms with van der Waals surface area (Å²) >= 11 is 0. The van der Waals surface area contributed by atoms with Gasteiger partial charge in [0.25, 0.3) is 11.8 Å². The minimum absolute atomic E-state index is 0.159. The quantitative estimate of drug-likeness (QED) is 0.860. The Labute approximate surface area is 130 Å². The molecule has 22 heavy (non-hydrogen) atoms. The maximum atomic E-state index is 12.1. The van der Waals surface area contributed by atoms with Crippen LogP contribution in [0, 0.1) is 6.92 Å². The molecule has 0 spiro atoms. The van der Waals surface area contributed by atoms with Crippen molar-refractivity contribution in [3.63, 3.8) is 0 Å². The Hall–Kier alpha value is -2.62. The second kappa shape index (κ2) is 7.98. The van der Waals surface area contributed by atoms with Gasteiger partial charge in [0.1, 0.15) is 0 Å². The van der Waals surface area contributed by atoms with Gasteiger partial charge in [-0.25, -0.2) is 0 Å². The Morgan fingerprint density at radius 3 is 1.86 bits per heavy atom. The molecule has 0 aliphatic carbocycles. The number of nitrogens with one attached hydrogen (secondary N) is 2. The number of hydrogen-bond donors (Lipinski definition) is 2. The zero-order valence-corrected chi connectivity index (χ0v) is 12.3. The van der Waals surface area contributed by atoms with Crippen LogP contribution in [0.4, 0.5) is 0 Å². The van der Waals surface area contributed by atoms with Gasteiger partial charge in [-0.3, -0.25) is 9.59 Å². The third-order valence-corrected chi connectivity index (χ3v) is 3.26. The van der Waals surface area contributed by atoms with Gasteiger partial charge in [0, 0.05) is 23.7 Å². The van der Waals surface area contributed by atoms with Crippen molar-refractivity contribution in [2.45, 2.75) is 12.5 Å². The van der Waals surface area contributed by atoms with Crippen LogP contribution in [0.2, 0.25) is 0 Å². The first-order valence-corrected chi connectivity index (χ1v) is 7.19. The first kappa shape index (κ1) is 15.8. The molecule has 0 aliphatic heterocycles. The minimum Gasteiger partial charge on any atom is -0.350 e. The molecule has 1 radical (unpaired) electrons. The van der Waals surface area contributed by atoms with Crippen LogP contribution in [-0.4, -0.2) is 24.4 Å². The van der Waals surface area contributed by atoms with E-state index in [0.717, 1.165) is 0 Å². The van der Waals surface area contributed by atoms with Gasteiger partial charge in [0.05, 0.1) is 0 Å². The number of carbonyl (C=O) groups excluding carboxylic acids is 2. The van der Waals surface area contributed by atoms with Crippen molar-refractivity contribution in [2.24, 2.45) is 0 Å². The largest absolute Gasteiger partial charge is 0.350 e. The van der Waals surface area contributed by atoms with E-state index in [1.807, 2.05) is 36.4 Å². The Bertz CT molecular complexity index is 611. The van der Waals surface area contributed by atoms with Gasteiger partial charge in [-0.1, -0.05) is 43.3 Å². The highest BCUT2D eigenvalue weighted by Crippen LogP contribution is 2.01. The van der Waals surface area contributed by atoms with Gasteiger partial charge in [-0.15, -0.1) is 0 Å². The molecule has 2 aromatic rings. The SMILES string of the molecule is [CH2]CC(CNC(=O)c1ccccc1)NC(=O)c1ccccc1. The molecule has 0 bridgehead atoms. The van der Waals surface area contributed by atoms with Crippen molar-refractivity contribution < 1.29 is 9.59 Å². The van der Waals surface area contributed by atoms with Crippen LogP contribution in [0.1, 0.15) is 27.1 Å². The lowest BCUT2D eigenvalue weighted by Crippen LogP contribution is -2.43. The molecule has 4 nitrogen and oxygen atoms in total. The maximum absolute atomic E-state index is 12.1. The predicted octanol–water partition coefficient (Wildman–Crippen LogP) is 2.44. The normalized spacial score (nSPS) is 11.5. The molecule has 0 aromatic heterocycles. The second-order valence-electron chi connectivity index (χ2n) is 4.90. The van der Waals surface area contributed by atoms with E-state index in [1.54, 1.807) is 24.3 Å². The number of carbonyl (C=O) groups is 2. The van der Waals surface area contributed by atoms with Crippen LogP contribution < -0.4 is 10.6 Å². The van der Waals surface area contributed by atoms with Crippen LogP contribution in [0.5, 0.6) is 0 Å². The number of benzene rings is 2. The van der Waals surface area contributed by atoms with Gasteiger partial charge < -0.3 is 10.6 Å². The first-order chi connectivity index (χ1) is 10.7. The second-order valence-corrected chi connectivity index (χ2v) is 4.90. The van der Waals surface area contributed by atoms with Crippen LogP contribution in [-0.2, 0) is 0 Å². The third-order valence-electron chi connectivity index (χ3n) is 3.26. The molecule has 0 heterocycles. The van der Waals surface area contributed by atoms with Crippen LogP contribution in [0.15, 0.2) is 60.7 Å². The molecule has 1 unspecified atom stereocenters. The standard InChI is InChI=1S/C18H19N2O2/c1-2-16(20-18(22)15-11-7-4-8-12-15)13-19-17(21)14-9-5-3-6-10-14/h3-12,16H,1-2,13H2,(H,19,21)(H,20,22). The van der Waals surface area contributed by atoms with Crippen LogP contribution >= 0.6 is 0 Å². The summed E-state index contributed by atoms with van der Waals surface area (Å²) in [5.41, 5.74) is 1.19. The molecule has 0 fully saturated rings. The van der Waals surface area contributed by atoms with E-state index in [4.69, 9.17) is 0 Å². The molecule has 2 aromatic carbocycles. The van der Waals surface area contributed by atoms with Crippen molar-refractivity contribution in [3.8, 4) is 0 Å². The smallest absolute Gasteiger partial charge is 0.251 e. The van der Waals surface area contributed by atoms with E-state index >= 15 is 0 Å². The summed E-state index contributed by atoms with van der Waals surface area (Å²) in [4.78, 5) is 24.1. The minimum atomic E-state index is -0.208. The maximum Gasteiger partial charge on any atom is 0.251 e. The van der Waals surface area contributed by atoms with Gasteiger partial charge >= 0.3 is 0 Å². The fourth-order valence-electron chi connectivity index (χ4n) is 1.99. The lowest BCUT2D eigenvalue weighted by atomic mass is 10.1. The molecule has 113 valence electrons. The summed E-state index contributed by atoms with van der Waals surface area (Å²) in [6.07, 6.45) is 0.494. The monoisotopic (exact) mass is 295 g/mol. The molecular weight excluding hydrogens is 276 g/mol. The molecule has 0 aliphatic rings. The van der Waals surface area contributed by atoms with E-state index in [-0.39, 0.29) is 17.9 Å². The summed E-state index contributed by atoms with van der Waals surface area (Å²) in [5, 5.41) is 5.69. The molecule has 4 heteroatoms. The van der Waals surface area contributed by atoms with E-state index in [0.29, 0.717) is 24.1 Å². The average Bonchev–Trinajstić information content (AvgIpc) is 2.59. The molecule has 0 saturated carbocycles. The fraction of sp³-hybridized carbons (Fsp3) is 0.167. The molecule has 2 rings (SSSR count). The van der Waals surface area contributed by atoms with Gasteiger partial charge in [-0.2, -0.15) is 0 Å². The van der Waals surface area contributed by atoms with E-state index in [2.05, 4.69) is 17.6 Å². The Balaban J connectivity index is 1.87. The summed E-state index contributed by atoms with van der Waals surface area (Å²) < 4.78 is 0. The number of hydrogen-bond acceptors (Lipinski definition) is 2. The topological polar surface area (TPSA) is 58.2 Å². The zero-order chi connectivity index (χ0) is 15.8. The van der Waals surface area contributed by atoms with Crippen molar-refractivity contribution in [1.82, 2.24) is 10.6 Å². The number of amides is 2. The highest BCUT2D eigenvalue weighted by atomic mass is 16.2. The van der Waals surface area contributed by atoms with Crippen molar-refractivity contribution in [2.75, 3.05) is 6.54 Å². The fourth-order valence-corrected chi connectivity index (χ4v) is 1.99. The molecule has 1 atom stereocenters. The van der Waals surface area contributed by atoms with E-state index in [1.165, 1.54) is 0 Å². The summed E-state index contributed by atoms with van der Waals surface area (Å²) in [7, 11) is 0. The summed E-state index contributed by atoms with van der Waals surface area (Å²) in [6, 6.07) is 17.7. The summed E-state index contributed by atoms with van der Waals surface area (Å²) in [6.45, 7) is 4.16. The van der Waals surface area contributed by atoms with Gasteiger partial charge in [0.15, 0.2) is 0 Å². The summed E-state index contributed by atoms with van der Waals surface area (Å²) in [5.74, 6) is -0.323. The third kappa shape index (κ3) is 4.45. The lowest BCUT2D eigenvalue weighted by molar-refractivity contribution is 0.0909. The van der Waals surface area contributed by atoms with Crippen LogP contribution in [0.3, 0.4) is 0 Å². The highest BCUT2D eigenvalue weighted by Gasteiger charge is 2.13. The van der Waals surface area contributed by atoms with E-state index in [9.17, 15) is 9.59 Å². The lowest BCUT2D eigenvalue weighted by Gasteiger charge is -2.17. The van der Waals surface area contributed by atoms with Crippen molar-refractivity contribution in [3.05, 3.63) is 78.7 Å². The van der Waals surface area contributed by atoms with Gasteiger partial charge in [0.2, 0.25) is 0 Å². The molecular formula is C18H19N2O2. The Morgan fingerprint density at radius 2 is 1.36 bits per heavy atom. The van der Waals surface area contributed by atoms with Crippen molar-refractivity contribution in [1.29, 1.82) is 0 Å².